The van der Waals surface area contributed by atoms with E-state index in [-0.39, 0.29) is 37.0 Å². The topological polar surface area (TPSA) is 125 Å². The molecule has 0 amide bonds. The summed E-state index contributed by atoms with van der Waals surface area (Å²) in [6.45, 7) is 0.608. The van der Waals surface area contributed by atoms with E-state index in [1.807, 2.05) is 0 Å². The summed E-state index contributed by atoms with van der Waals surface area (Å²) in [4.78, 5) is 6.24. The van der Waals surface area contributed by atoms with Gasteiger partial charge in [-0.3, -0.25) is 5.41 Å². The SMILES string of the molecule is COCCN(CCC(=N)N)S(=O)(=O)c1cnc[nH]1. The van der Waals surface area contributed by atoms with Crippen LogP contribution in [-0.4, -0.2) is 55.3 Å². The molecule has 1 aromatic heterocycles. The van der Waals surface area contributed by atoms with Crippen molar-refractivity contribution in [1.82, 2.24) is 14.3 Å². The molecule has 9 heteroatoms. The lowest BCUT2D eigenvalue weighted by Crippen LogP contribution is -2.36. The second-order valence-corrected chi connectivity index (χ2v) is 5.49. The highest BCUT2D eigenvalue weighted by atomic mass is 32.2. The lowest BCUT2D eigenvalue weighted by atomic mass is 10.4. The van der Waals surface area contributed by atoms with E-state index < -0.39 is 10.0 Å². The van der Waals surface area contributed by atoms with Crippen LogP contribution in [0.15, 0.2) is 17.6 Å². The number of amidine groups is 1. The van der Waals surface area contributed by atoms with Gasteiger partial charge in [0.05, 0.1) is 25.0 Å². The maximum atomic E-state index is 12.2. The van der Waals surface area contributed by atoms with Gasteiger partial charge in [0.25, 0.3) is 10.0 Å². The number of aromatic nitrogens is 2. The molecule has 0 saturated heterocycles. The van der Waals surface area contributed by atoms with Crippen molar-refractivity contribution in [3.8, 4) is 0 Å². The zero-order valence-electron chi connectivity index (χ0n) is 10.1. The van der Waals surface area contributed by atoms with E-state index in [2.05, 4.69) is 9.97 Å². The van der Waals surface area contributed by atoms with Crippen molar-refractivity contribution in [2.24, 2.45) is 5.73 Å². The Hall–Kier alpha value is -1.45. The van der Waals surface area contributed by atoms with Crippen molar-refractivity contribution in [2.45, 2.75) is 11.4 Å². The highest BCUT2D eigenvalue weighted by Gasteiger charge is 2.25. The van der Waals surface area contributed by atoms with E-state index in [1.54, 1.807) is 0 Å². The minimum atomic E-state index is -3.64. The zero-order chi connectivity index (χ0) is 13.6. The van der Waals surface area contributed by atoms with E-state index >= 15 is 0 Å². The highest BCUT2D eigenvalue weighted by molar-refractivity contribution is 7.89. The van der Waals surface area contributed by atoms with Crippen molar-refractivity contribution in [1.29, 1.82) is 5.41 Å². The lowest BCUT2D eigenvalue weighted by Gasteiger charge is -2.20. The number of rotatable bonds is 8. The van der Waals surface area contributed by atoms with Crippen LogP contribution in [-0.2, 0) is 14.8 Å². The van der Waals surface area contributed by atoms with Crippen LogP contribution in [0.5, 0.6) is 0 Å². The van der Waals surface area contributed by atoms with Crippen molar-refractivity contribution in [3.05, 3.63) is 12.5 Å². The molecule has 0 atom stereocenters. The molecule has 0 fully saturated rings. The zero-order valence-corrected chi connectivity index (χ0v) is 10.9. The molecule has 0 bridgehead atoms. The van der Waals surface area contributed by atoms with Crippen LogP contribution >= 0.6 is 0 Å². The summed E-state index contributed by atoms with van der Waals surface area (Å²) in [6, 6.07) is 0. The van der Waals surface area contributed by atoms with E-state index in [4.69, 9.17) is 15.9 Å². The normalized spacial score (nSPS) is 11.9. The molecule has 102 valence electrons. The number of methoxy groups -OCH3 is 1. The average Bonchev–Trinajstić information content (AvgIpc) is 2.82. The van der Waals surface area contributed by atoms with Crippen LogP contribution in [0.2, 0.25) is 0 Å². The van der Waals surface area contributed by atoms with Gasteiger partial charge in [-0.05, 0) is 0 Å². The molecule has 1 heterocycles. The summed E-state index contributed by atoms with van der Waals surface area (Å²) in [5.74, 6) is -0.0581. The first-order chi connectivity index (χ1) is 8.48. The maximum absolute atomic E-state index is 12.2. The number of sulfonamides is 1. The fourth-order valence-electron chi connectivity index (χ4n) is 1.31. The van der Waals surface area contributed by atoms with E-state index in [1.165, 1.54) is 23.9 Å². The maximum Gasteiger partial charge on any atom is 0.260 e. The number of ether oxygens (including phenoxy) is 1. The first-order valence-electron chi connectivity index (χ1n) is 5.29. The number of hydrogen-bond donors (Lipinski definition) is 3. The van der Waals surface area contributed by atoms with Gasteiger partial charge in [0, 0.05) is 26.6 Å². The van der Waals surface area contributed by atoms with Crippen molar-refractivity contribution < 1.29 is 13.2 Å². The predicted octanol–water partition coefficient (Wildman–Crippen LogP) is -0.627. The van der Waals surface area contributed by atoms with Crippen LogP contribution in [0.4, 0.5) is 0 Å². The minimum Gasteiger partial charge on any atom is -0.388 e. The number of hydrogen-bond acceptors (Lipinski definition) is 5. The Morgan fingerprint density at radius 1 is 1.61 bits per heavy atom. The van der Waals surface area contributed by atoms with Crippen LogP contribution in [0.1, 0.15) is 6.42 Å². The molecular weight excluding hydrogens is 258 g/mol. The number of nitrogens with two attached hydrogens (primary N) is 1. The van der Waals surface area contributed by atoms with E-state index in [9.17, 15) is 8.42 Å². The summed E-state index contributed by atoms with van der Waals surface area (Å²) in [5.41, 5.74) is 5.24. The van der Waals surface area contributed by atoms with Crippen LogP contribution < -0.4 is 5.73 Å². The summed E-state index contributed by atoms with van der Waals surface area (Å²) >= 11 is 0. The van der Waals surface area contributed by atoms with Gasteiger partial charge in [-0.2, -0.15) is 4.31 Å². The van der Waals surface area contributed by atoms with Crippen LogP contribution in [0.25, 0.3) is 0 Å². The van der Waals surface area contributed by atoms with Gasteiger partial charge in [-0.15, -0.1) is 0 Å². The second kappa shape index (κ2) is 6.47. The molecule has 0 spiro atoms. The second-order valence-electron chi connectivity index (χ2n) is 3.59. The fraction of sp³-hybridized carbons (Fsp3) is 0.556. The molecule has 8 nitrogen and oxygen atoms in total. The Morgan fingerprint density at radius 3 is 2.83 bits per heavy atom. The van der Waals surface area contributed by atoms with Gasteiger partial charge in [0.2, 0.25) is 0 Å². The first kappa shape index (κ1) is 14.6. The van der Waals surface area contributed by atoms with Crippen molar-refractivity contribution in [2.75, 3.05) is 26.8 Å². The number of aromatic amines is 1. The Kier molecular flexibility index (Phi) is 5.25. The van der Waals surface area contributed by atoms with Gasteiger partial charge in [-0.25, -0.2) is 13.4 Å². The monoisotopic (exact) mass is 275 g/mol. The largest absolute Gasteiger partial charge is 0.388 e. The minimum absolute atomic E-state index is 0.0159. The van der Waals surface area contributed by atoms with Gasteiger partial charge >= 0.3 is 0 Å². The third-order valence-corrected chi connectivity index (χ3v) is 4.09. The van der Waals surface area contributed by atoms with Gasteiger partial charge in [0.15, 0.2) is 5.03 Å². The van der Waals surface area contributed by atoms with Crippen molar-refractivity contribution in [3.63, 3.8) is 0 Å². The quantitative estimate of drug-likeness (QED) is 0.430. The summed E-state index contributed by atoms with van der Waals surface area (Å²) in [6.07, 6.45) is 2.71. The van der Waals surface area contributed by atoms with Gasteiger partial charge in [0.1, 0.15) is 0 Å². The van der Waals surface area contributed by atoms with Gasteiger partial charge in [-0.1, -0.05) is 0 Å². The Bertz CT molecular complexity index is 470. The lowest BCUT2D eigenvalue weighted by molar-refractivity contribution is 0.179. The van der Waals surface area contributed by atoms with Crippen LogP contribution in [0.3, 0.4) is 0 Å². The Labute approximate surface area is 106 Å². The molecule has 0 aliphatic carbocycles. The Morgan fingerprint density at radius 2 is 2.33 bits per heavy atom. The smallest absolute Gasteiger partial charge is 0.260 e. The summed E-state index contributed by atoms with van der Waals surface area (Å²) in [5, 5.41) is 7.16. The number of imidazole rings is 1. The number of nitrogens with zero attached hydrogens (tertiary/aromatic N) is 2. The third kappa shape index (κ3) is 3.79. The highest BCUT2D eigenvalue weighted by Crippen LogP contribution is 2.12. The average molecular weight is 275 g/mol. The van der Waals surface area contributed by atoms with Crippen LogP contribution in [0, 0.1) is 5.41 Å². The standard InChI is InChI=1S/C9H17N5O3S/c1-17-5-4-14(3-2-8(10)11)18(15,16)9-6-12-7-13-9/h6-7H,2-5H2,1H3,(H3,10,11)(H,12,13). The molecule has 1 rings (SSSR count). The summed E-state index contributed by atoms with van der Waals surface area (Å²) in [7, 11) is -2.15. The predicted molar refractivity (Wildman–Crippen MR) is 65.8 cm³/mol. The molecule has 0 unspecified atom stereocenters. The molecule has 18 heavy (non-hydrogen) atoms. The molecule has 0 saturated carbocycles. The molecule has 0 aliphatic heterocycles. The number of H-pyrrole nitrogens is 1. The molecule has 1 aromatic rings. The molecule has 4 N–H and O–H groups in total. The number of nitrogens with one attached hydrogen (secondary N) is 2. The molecule has 0 radical (unpaired) electrons. The van der Waals surface area contributed by atoms with E-state index in [0.29, 0.717) is 0 Å². The molecular formula is C9H17N5O3S. The molecule has 0 aliphatic rings. The van der Waals surface area contributed by atoms with E-state index in [0.717, 1.165) is 0 Å². The fourth-order valence-corrected chi connectivity index (χ4v) is 2.63. The molecule has 0 aromatic carbocycles. The Balaban J connectivity index is 2.84. The first-order valence-corrected chi connectivity index (χ1v) is 6.73. The van der Waals surface area contributed by atoms with Gasteiger partial charge < -0.3 is 15.5 Å². The van der Waals surface area contributed by atoms with Crippen molar-refractivity contribution >= 4 is 15.9 Å². The third-order valence-electron chi connectivity index (χ3n) is 2.27. The summed E-state index contributed by atoms with van der Waals surface area (Å²) < 4.78 is 30.5.